The van der Waals surface area contributed by atoms with Crippen LogP contribution in [0.4, 0.5) is 0 Å². The van der Waals surface area contributed by atoms with Crippen molar-refractivity contribution in [3.05, 3.63) is 120 Å². The Kier molecular flexibility index (Phi) is 4.07. The summed E-state index contributed by atoms with van der Waals surface area (Å²) in [5, 5.41) is 7.17. The van der Waals surface area contributed by atoms with Crippen molar-refractivity contribution in [2.75, 3.05) is 0 Å². The van der Waals surface area contributed by atoms with Crippen LogP contribution in [-0.4, -0.2) is 15.6 Å². The summed E-state index contributed by atoms with van der Waals surface area (Å²) in [6.45, 7) is 0. The third-order valence-corrected chi connectivity index (χ3v) is 6.19. The molecule has 1 aliphatic rings. The van der Waals surface area contributed by atoms with E-state index in [9.17, 15) is 4.79 Å². The van der Waals surface area contributed by atoms with E-state index in [1.165, 1.54) is 5.56 Å². The van der Waals surface area contributed by atoms with Gasteiger partial charge in [-0.1, -0.05) is 84.9 Å². The summed E-state index contributed by atoms with van der Waals surface area (Å²) in [6.07, 6.45) is 2.55. The van der Waals surface area contributed by atoms with Gasteiger partial charge in [-0.3, -0.25) is 4.79 Å². The van der Waals surface area contributed by atoms with Crippen LogP contribution in [0, 0.1) is 0 Å². The van der Waals surface area contributed by atoms with Crippen molar-refractivity contribution in [2.24, 2.45) is 0 Å². The molecule has 1 atom stereocenters. The highest BCUT2D eigenvalue weighted by Gasteiger charge is 2.31. The number of hydrogen-bond acceptors (Lipinski definition) is 2. The Morgan fingerprint density at radius 3 is 2.23 bits per heavy atom. The molecule has 3 nitrogen and oxygen atoms in total. The average Bonchev–Trinajstić information content (AvgIpc) is 3.28. The van der Waals surface area contributed by atoms with Crippen LogP contribution in [0.15, 0.2) is 103 Å². The summed E-state index contributed by atoms with van der Waals surface area (Å²) in [6, 6.07) is 32.7. The number of nitrogens with zero attached hydrogens (tertiary/aromatic N) is 2. The summed E-state index contributed by atoms with van der Waals surface area (Å²) < 4.78 is 1.93. The van der Waals surface area contributed by atoms with Gasteiger partial charge in [-0.05, 0) is 28.5 Å². The first-order chi connectivity index (χ1) is 15.3. The van der Waals surface area contributed by atoms with E-state index in [1.54, 1.807) is 0 Å². The van der Waals surface area contributed by atoms with Gasteiger partial charge in [0.05, 0.1) is 11.4 Å². The highest BCUT2D eigenvalue weighted by atomic mass is 16.1. The molecule has 0 fully saturated rings. The lowest BCUT2D eigenvalue weighted by atomic mass is 9.77. The quantitative estimate of drug-likeness (QED) is 0.351. The van der Waals surface area contributed by atoms with E-state index < -0.39 is 0 Å². The number of rotatable bonds is 3. The molecule has 0 amide bonds. The molecule has 148 valence electrons. The molecule has 0 saturated heterocycles. The molecule has 0 saturated carbocycles. The number of benzene rings is 4. The highest BCUT2D eigenvalue weighted by molar-refractivity contribution is 6.12. The first kappa shape index (κ1) is 17.8. The molecular formula is C28H20N2O. The zero-order valence-electron chi connectivity index (χ0n) is 16.9. The minimum atomic E-state index is -0.0289. The number of ketones is 1. The lowest BCUT2D eigenvalue weighted by molar-refractivity contribution is 0.0976. The Balaban J connectivity index is 1.61. The second-order valence-electron chi connectivity index (χ2n) is 8.01. The van der Waals surface area contributed by atoms with Crippen LogP contribution in [-0.2, 0) is 0 Å². The van der Waals surface area contributed by atoms with Crippen LogP contribution in [0.1, 0.15) is 33.8 Å². The lowest BCUT2D eigenvalue weighted by Crippen LogP contribution is -2.16. The maximum absolute atomic E-state index is 13.2. The van der Waals surface area contributed by atoms with Crippen molar-refractivity contribution in [3.63, 3.8) is 0 Å². The molecule has 1 aliphatic carbocycles. The van der Waals surface area contributed by atoms with E-state index in [2.05, 4.69) is 42.6 Å². The fourth-order valence-corrected chi connectivity index (χ4v) is 4.75. The monoisotopic (exact) mass is 400 g/mol. The van der Waals surface area contributed by atoms with Crippen LogP contribution >= 0.6 is 0 Å². The molecule has 6 rings (SSSR count). The van der Waals surface area contributed by atoms with Crippen molar-refractivity contribution < 1.29 is 4.79 Å². The number of carbonyl (C=O) groups excluding carboxylic acids is 1. The van der Waals surface area contributed by atoms with E-state index in [0.29, 0.717) is 6.42 Å². The Morgan fingerprint density at radius 2 is 1.45 bits per heavy atom. The zero-order chi connectivity index (χ0) is 20.8. The molecular weight excluding hydrogens is 380 g/mol. The smallest absolute Gasteiger partial charge is 0.164 e. The molecule has 0 N–H and O–H groups in total. The Morgan fingerprint density at radius 1 is 0.742 bits per heavy atom. The van der Waals surface area contributed by atoms with Gasteiger partial charge in [-0.25, -0.2) is 4.68 Å². The van der Waals surface area contributed by atoms with Crippen molar-refractivity contribution in [1.82, 2.24) is 9.78 Å². The van der Waals surface area contributed by atoms with Gasteiger partial charge in [-0.15, -0.1) is 0 Å². The molecule has 0 spiro atoms. The van der Waals surface area contributed by atoms with Crippen LogP contribution < -0.4 is 0 Å². The third-order valence-electron chi connectivity index (χ3n) is 6.19. The minimum absolute atomic E-state index is 0.0289. The van der Waals surface area contributed by atoms with Gasteiger partial charge in [0.25, 0.3) is 0 Å². The second kappa shape index (κ2) is 7.06. The lowest BCUT2D eigenvalue weighted by Gasteiger charge is -2.25. The van der Waals surface area contributed by atoms with Gasteiger partial charge in [0, 0.05) is 35.2 Å². The number of hydrogen-bond donors (Lipinski definition) is 0. The number of carbonyl (C=O) groups is 1. The maximum atomic E-state index is 13.2. The van der Waals surface area contributed by atoms with Crippen molar-refractivity contribution in [2.45, 2.75) is 12.3 Å². The predicted molar refractivity (Wildman–Crippen MR) is 124 cm³/mol. The zero-order valence-corrected chi connectivity index (χ0v) is 16.9. The first-order valence-corrected chi connectivity index (χ1v) is 10.5. The fraction of sp³-hybridized carbons (Fsp3) is 0.0714. The van der Waals surface area contributed by atoms with E-state index >= 15 is 0 Å². The minimum Gasteiger partial charge on any atom is -0.294 e. The molecule has 0 aliphatic heterocycles. The van der Waals surface area contributed by atoms with Crippen LogP contribution in [0.2, 0.25) is 0 Å². The standard InChI is InChI=1S/C28H20N2O/c31-26-17-24(22-15-7-11-19-12-8-16-23(26)27(19)22)25-18-30(21-13-5-2-6-14-21)29-28(25)20-9-3-1-4-10-20/h1-16,18,24H,17H2/t24-/m0/s1. The number of Topliss-reactive ketones (excluding diaryl/α,β-unsaturated/α-hetero) is 1. The maximum Gasteiger partial charge on any atom is 0.164 e. The van der Waals surface area contributed by atoms with Crippen molar-refractivity contribution in [1.29, 1.82) is 0 Å². The van der Waals surface area contributed by atoms with Gasteiger partial charge in [0.2, 0.25) is 0 Å². The topological polar surface area (TPSA) is 34.9 Å². The fourth-order valence-electron chi connectivity index (χ4n) is 4.75. The van der Waals surface area contributed by atoms with Gasteiger partial charge >= 0.3 is 0 Å². The molecule has 1 aromatic heterocycles. The summed E-state index contributed by atoms with van der Waals surface area (Å²) in [4.78, 5) is 13.2. The van der Waals surface area contributed by atoms with Crippen molar-refractivity contribution >= 4 is 16.6 Å². The van der Waals surface area contributed by atoms with Crippen LogP contribution in [0.3, 0.4) is 0 Å². The third kappa shape index (κ3) is 2.89. The Hall–Kier alpha value is -3.98. The van der Waals surface area contributed by atoms with E-state index in [-0.39, 0.29) is 11.7 Å². The molecule has 0 radical (unpaired) electrons. The first-order valence-electron chi connectivity index (χ1n) is 10.5. The van der Waals surface area contributed by atoms with Crippen LogP contribution in [0.5, 0.6) is 0 Å². The molecule has 4 aromatic carbocycles. The summed E-state index contributed by atoms with van der Waals surface area (Å²) in [7, 11) is 0. The van der Waals surface area contributed by atoms with E-state index in [4.69, 9.17) is 5.10 Å². The number of para-hydroxylation sites is 1. The van der Waals surface area contributed by atoms with E-state index in [1.807, 2.05) is 65.3 Å². The molecule has 3 heteroatoms. The van der Waals surface area contributed by atoms with Crippen molar-refractivity contribution in [3.8, 4) is 16.9 Å². The molecule has 5 aromatic rings. The van der Waals surface area contributed by atoms with Gasteiger partial charge in [-0.2, -0.15) is 5.10 Å². The predicted octanol–water partition coefficient (Wildman–Crippen LogP) is 6.41. The SMILES string of the molecule is O=C1C[C@H](c2cn(-c3ccccc3)nc2-c2ccccc2)c2cccc3cccc1c23. The Labute approximate surface area is 180 Å². The average molecular weight is 400 g/mol. The highest BCUT2D eigenvalue weighted by Crippen LogP contribution is 2.43. The summed E-state index contributed by atoms with van der Waals surface area (Å²) in [5.41, 5.74) is 6.12. The van der Waals surface area contributed by atoms with Gasteiger partial charge < -0.3 is 0 Å². The normalized spacial score (nSPS) is 15.4. The molecule has 0 bridgehead atoms. The van der Waals surface area contributed by atoms with E-state index in [0.717, 1.165) is 38.8 Å². The second-order valence-corrected chi connectivity index (χ2v) is 8.01. The molecule has 31 heavy (non-hydrogen) atoms. The largest absolute Gasteiger partial charge is 0.294 e. The van der Waals surface area contributed by atoms with Gasteiger partial charge in [0.1, 0.15) is 0 Å². The van der Waals surface area contributed by atoms with Gasteiger partial charge in [0.15, 0.2) is 5.78 Å². The number of aromatic nitrogens is 2. The molecule has 1 heterocycles. The molecule has 0 unspecified atom stereocenters. The summed E-state index contributed by atoms with van der Waals surface area (Å²) >= 11 is 0. The Bertz CT molecular complexity index is 1410. The van der Waals surface area contributed by atoms with Crippen LogP contribution in [0.25, 0.3) is 27.7 Å². The summed E-state index contributed by atoms with van der Waals surface area (Å²) in [5.74, 6) is 0.166.